The van der Waals surface area contributed by atoms with Gasteiger partial charge in [-0.2, -0.15) is 0 Å². The quantitative estimate of drug-likeness (QED) is 0.522. The molecular weight excluding hydrogens is 474 g/mol. The minimum Gasteiger partial charge on any atom is -0.374 e. The van der Waals surface area contributed by atoms with Gasteiger partial charge in [0.05, 0.1) is 19.8 Å². The van der Waals surface area contributed by atoms with E-state index in [4.69, 9.17) is 65.4 Å². The van der Waals surface area contributed by atoms with Gasteiger partial charge in [0.15, 0.2) is 6.29 Å². The van der Waals surface area contributed by atoms with Crippen molar-refractivity contribution in [1.82, 2.24) is 0 Å². The zero-order chi connectivity index (χ0) is 21.9. The lowest BCUT2D eigenvalue weighted by Gasteiger charge is -2.32. The number of ether oxygens (including phenoxy) is 4. The summed E-state index contributed by atoms with van der Waals surface area (Å²) < 4.78 is 23.1. The van der Waals surface area contributed by atoms with Crippen LogP contribution >= 0.6 is 46.4 Å². The first-order chi connectivity index (χ1) is 14.2. The average Bonchev–Trinajstić information content (AvgIpc) is 2.93. The van der Waals surface area contributed by atoms with Crippen molar-refractivity contribution in [2.24, 2.45) is 0 Å². The van der Waals surface area contributed by atoms with Gasteiger partial charge in [0.2, 0.25) is 0 Å². The number of rotatable bonds is 8. The number of aliphatic hydroxyl groups excluding tert-OH is 1. The molecule has 4 atom stereocenters. The number of halogens is 4. The van der Waals surface area contributed by atoms with Crippen LogP contribution in [0.25, 0.3) is 0 Å². The molecule has 0 radical (unpaired) electrons. The summed E-state index contributed by atoms with van der Waals surface area (Å²) in [5.74, 6) is 0. The van der Waals surface area contributed by atoms with Crippen LogP contribution < -0.4 is 0 Å². The Morgan fingerprint density at radius 2 is 1.53 bits per heavy atom. The van der Waals surface area contributed by atoms with E-state index in [1.807, 2.05) is 0 Å². The molecule has 2 aromatic rings. The van der Waals surface area contributed by atoms with Gasteiger partial charge in [0.25, 0.3) is 0 Å². The van der Waals surface area contributed by atoms with E-state index in [-0.39, 0.29) is 19.8 Å². The standard InChI is InChI=1S/C21H22Cl4O5/c1-21(27-2)19(29-10-13-4-6-15(23)8-17(13)25)18(30-20(21)26)11-28-9-12-3-5-14(22)7-16(12)24/h3-8,18-20,26H,9-11H2,1-2H3/t18-,19-,20+,21-/m1/s1. The lowest BCUT2D eigenvalue weighted by molar-refractivity contribution is -0.187. The van der Waals surface area contributed by atoms with Crippen LogP contribution in [0.5, 0.6) is 0 Å². The van der Waals surface area contributed by atoms with E-state index < -0.39 is 24.1 Å². The van der Waals surface area contributed by atoms with Gasteiger partial charge in [0, 0.05) is 27.2 Å². The predicted molar refractivity (Wildman–Crippen MR) is 117 cm³/mol. The van der Waals surface area contributed by atoms with Crippen LogP contribution in [-0.2, 0) is 32.2 Å². The zero-order valence-corrected chi connectivity index (χ0v) is 19.4. The molecule has 0 aromatic heterocycles. The summed E-state index contributed by atoms with van der Waals surface area (Å²) in [5.41, 5.74) is 0.471. The van der Waals surface area contributed by atoms with Crippen molar-refractivity contribution in [1.29, 1.82) is 0 Å². The molecule has 1 saturated heterocycles. The van der Waals surface area contributed by atoms with Gasteiger partial charge in [0.1, 0.15) is 17.8 Å². The predicted octanol–water partition coefficient (Wildman–Crippen LogP) is 5.52. The molecule has 1 N–H and O–H groups in total. The van der Waals surface area contributed by atoms with Crippen LogP contribution in [0, 0.1) is 0 Å². The minimum atomic E-state index is -1.18. The second-order valence-corrected chi connectivity index (χ2v) is 8.82. The van der Waals surface area contributed by atoms with E-state index in [9.17, 15) is 5.11 Å². The van der Waals surface area contributed by atoms with Crippen molar-refractivity contribution in [2.75, 3.05) is 13.7 Å². The minimum absolute atomic E-state index is 0.161. The first-order valence-electron chi connectivity index (χ1n) is 9.20. The van der Waals surface area contributed by atoms with Crippen LogP contribution in [0.3, 0.4) is 0 Å². The first kappa shape index (κ1) is 24.1. The topological polar surface area (TPSA) is 57.2 Å². The molecule has 0 spiro atoms. The lowest BCUT2D eigenvalue weighted by atomic mass is 9.97. The van der Waals surface area contributed by atoms with E-state index >= 15 is 0 Å². The second kappa shape index (κ2) is 10.3. The molecule has 0 amide bonds. The van der Waals surface area contributed by atoms with Gasteiger partial charge in [-0.25, -0.2) is 0 Å². The van der Waals surface area contributed by atoms with E-state index in [0.717, 1.165) is 11.1 Å². The van der Waals surface area contributed by atoms with Crippen LogP contribution in [0.2, 0.25) is 20.1 Å². The highest BCUT2D eigenvalue weighted by molar-refractivity contribution is 6.35. The van der Waals surface area contributed by atoms with Gasteiger partial charge in [-0.15, -0.1) is 0 Å². The summed E-state index contributed by atoms with van der Waals surface area (Å²) in [6, 6.07) is 10.4. The van der Waals surface area contributed by atoms with Crippen LogP contribution in [0.1, 0.15) is 18.1 Å². The maximum absolute atomic E-state index is 10.4. The summed E-state index contributed by atoms with van der Waals surface area (Å²) >= 11 is 24.3. The Morgan fingerprint density at radius 3 is 2.07 bits per heavy atom. The SMILES string of the molecule is CO[C@]1(C)[C@H](OCc2ccc(Cl)cc2Cl)[C@@H](COCc2ccc(Cl)cc2Cl)O[C@@H]1O. The molecular formula is C21H22Cl4O5. The van der Waals surface area contributed by atoms with Crippen molar-refractivity contribution in [3.8, 4) is 0 Å². The van der Waals surface area contributed by atoms with Crippen LogP contribution in [0.15, 0.2) is 36.4 Å². The summed E-state index contributed by atoms with van der Waals surface area (Å²) in [6.45, 7) is 2.33. The molecule has 3 rings (SSSR count). The molecule has 1 aliphatic rings. The van der Waals surface area contributed by atoms with E-state index in [2.05, 4.69) is 0 Å². The third kappa shape index (κ3) is 5.41. The zero-order valence-electron chi connectivity index (χ0n) is 16.4. The third-order valence-corrected chi connectivity index (χ3v) is 6.30. The smallest absolute Gasteiger partial charge is 0.186 e. The molecule has 30 heavy (non-hydrogen) atoms. The van der Waals surface area contributed by atoms with Gasteiger partial charge >= 0.3 is 0 Å². The molecule has 0 saturated carbocycles. The maximum Gasteiger partial charge on any atom is 0.186 e. The van der Waals surface area contributed by atoms with Crippen molar-refractivity contribution in [3.05, 3.63) is 67.6 Å². The molecule has 1 fully saturated rings. The van der Waals surface area contributed by atoms with Gasteiger partial charge < -0.3 is 24.1 Å². The molecule has 2 aromatic carbocycles. The number of methoxy groups -OCH3 is 1. The first-order valence-corrected chi connectivity index (χ1v) is 10.7. The summed E-state index contributed by atoms with van der Waals surface area (Å²) in [4.78, 5) is 0. The Kier molecular flexibility index (Phi) is 8.29. The van der Waals surface area contributed by atoms with E-state index in [0.29, 0.717) is 20.1 Å². The Labute approximate surface area is 195 Å². The molecule has 164 valence electrons. The van der Waals surface area contributed by atoms with Gasteiger partial charge in [-0.05, 0) is 42.3 Å². The maximum atomic E-state index is 10.4. The fourth-order valence-corrected chi connectivity index (χ4v) is 4.17. The molecule has 0 bridgehead atoms. The van der Waals surface area contributed by atoms with Gasteiger partial charge in [-0.1, -0.05) is 58.5 Å². The van der Waals surface area contributed by atoms with Crippen LogP contribution in [-0.4, -0.2) is 42.9 Å². The van der Waals surface area contributed by atoms with Crippen LogP contribution in [0.4, 0.5) is 0 Å². The Morgan fingerprint density at radius 1 is 0.967 bits per heavy atom. The summed E-state index contributed by atoms with van der Waals surface area (Å²) in [7, 11) is 1.49. The van der Waals surface area contributed by atoms with Crippen molar-refractivity contribution < 1.29 is 24.1 Å². The van der Waals surface area contributed by atoms with Crippen molar-refractivity contribution in [2.45, 2.75) is 44.2 Å². The van der Waals surface area contributed by atoms with Gasteiger partial charge in [-0.3, -0.25) is 0 Å². The second-order valence-electron chi connectivity index (χ2n) is 7.13. The average molecular weight is 496 g/mol. The van der Waals surface area contributed by atoms with E-state index in [1.165, 1.54) is 7.11 Å². The fraction of sp³-hybridized carbons (Fsp3) is 0.429. The molecule has 0 aliphatic carbocycles. The molecule has 9 heteroatoms. The lowest BCUT2D eigenvalue weighted by Crippen LogP contribution is -2.49. The van der Waals surface area contributed by atoms with Crippen molar-refractivity contribution in [3.63, 3.8) is 0 Å². The summed E-state index contributed by atoms with van der Waals surface area (Å²) in [5, 5.41) is 12.5. The number of benzene rings is 2. The number of hydrogen-bond acceptors (Lipinski definition) is 5. The van der Waals surface area contributed by atoms with E-state index in [1.54, 1.807) is 43.3 Å². The monoisotopic (exact) mass is 494 g/mol. The number of hydrogen-bond donors (Lipinski definition) is 1. The largest absolute Gasteiger partial charge is 0.374 e. The Hall–Kier alpha value is -0.600. The molecule has 1 aliphatic heterocycles. The molecule has 0 unspecified atom stereocenters. The highest BCUT2D eigenvalue weighted by Crippen LogP contribution is 2.36. The Bertz CT molecular complexity index is 880. The third-order valence-electron chi connectivity index (χ3n) is 5.12. The summed E-state index contributed by atoms with van der Waals surface area (Å²) in [6.07, 6.45) is -2.35. The number of aliphatic hydroxyl groups is 1. The Balaban J connectivity index is 1.67. The highest BCUT2D eigenvalue weighted by Gasteiger charge is 2.54. The van der Waals surface area contributed by atoms with Crippen molar-refractivity contribution >= 4 is 46.4 Å². The normalized spacial score (nSPS) is 26.3. The highest BCUT2D eigenvalue weighted by atomic mass is 35.5. The molecule has 5 nitrogen and oxygen atoms in total. The molecule has 1 heterocycles. The fourth-order valence-electron chi connectivity index (χ4n) is 3.24.